The molecule has 1 aliphatic heterocycles. The summed E-state index contributed by atoms with van der Waals surface area (Å²) in [6.07, 6.45) is 2.21. The molecule has 0 bridgehead atoms. The van der Waals surface area contributed by atoms with Gasteiger partial charge >= 0.3 is 0 Å². The van der Waals surface area contributed by atoms with Crippen LogP contribution in [-0.2, 0) is 11.2 Å². The van der Waals surface area contributed by atoms with Gasteiger partial charge in [-0.3, -0.25) is 0 Å². The van der Waals surface area contributed by atoms with E-state index in [1.807, 2.05) is 12.1 Å². The quantitative estimate of drug-likeness (QED) is 0.871. The van der Waals surface area contributed by atoms with Crippen molar-refractivity contribution in [3.8, 4) is 0 Å². The monoisotopic (exact) mass is 253 g/mol. The summed E-state index contributed by atoms with van der Waals surface area (Å²) in [6.45, 7) is 5.95. The van der Waals surface area contributed by atoms with E-state index in [-0.39, 0.29) is 5.41 Å². The van der Waals surface area contributed by atoms with E-state index in [9.17, 15) is 0 Å². The molecule has 0 aromatic heterocycles. The Hall–Kier alpha value is -0.570. The molecule has 3 heteroatoms. The zero-order chi connectivity index (χ0) is 12.1. The zero-order valence-corrected chi connectivity index (χ0v) is 11.1. The predicted molar refractivity (Wildman–Crippen MR) is 71.6 cm³/mol. The molecular weight excluding hydrogens is 234 g/mol. The Kier molecular flexibility index (Phi) is 4.43. The van der Waals surface area contributed by atoms with Crippen LogP contribution in [0.3, 0.4) is 0 Å². The van der Waals surface area contributed by atoms with Crippen molar-refractivity contribution in [2.75, 3.05) is 26.3 Å². The van der Waals surface area contributed by atoms with Gasteiger partial charge in [0.25, 0.3) is 0 Å². The van der Waals surface area contributed by atoms with Crippen LogP contribution in [0.15, 0.2) is 24.3 Å². The van der Waals surface area contributed by atoms with E-state index in [1.165, 1.54) is 5.56 Å². The van der Waals surface area contributed by atoms with E-state index in [0.29, 0.717) is 0 Å². The van der Waals surface area contributed by atoms with Crippen LogP contribution in [0.4, 0.5) is 0 Å². The van der Waals surface area contributed by atoms with Gasteiger partial charge in [0, 0.05) is 23.6 Å². The first kappa shape index (κ1) is 12.9. The van der Waals surface area contributed by atoms with Gasteiger partial charge in [-0.05, 0) is 37.1 Å². The lowest BCUT2D eigenvalue weighted by Gasteiger charge is -2.27. The van der Waals surface area contributed by atoms with Crippen molar-refractivity contribution in [3.63, 3.8) is 0 Å². The van der Waals surface area contributed by atoms with Crippen LogP contribution in [0.2, 0.25) is 5.02 Å². The fourth-order valence-electron chi connectivity index (χ4n) is 2.42. The third-order valence-electron chi connectivity index (χ3n) is 3.43. The topological polar surface area (TPSA) is 21.3 Å². The number of rotatable bonds is 5. The van der Waals surface area contributed by atoms with Gasteiger partial charge in [0.2, 0.25) is 0 Å². The minimum Gasteiger partial charge on any atom is -0.381 e. The van der Waals surface area contributed by atoms with E-state index in [4.69, 9.17) is 16.3 Å². The first-order valence-corrected chi connectivity index (χ1v) is 6.65. The molecular formula is C14H20ClNO. The molecule has 0 spiro atoms. The average molecular weight is 254 g/mol. The SMILES string of the molecule is CCNCC1(Cc2ccc(Cl)cc2)CCOC1. The second-order valence-corrected chi connectivity index (χ2v) is 5.32. The van der Waals surface area contributed by atoms with Crippen LogP contribution >= 0.6 is 11.6 Å². The van der Waals surface area contributed by atoms with Crippen molar-refractivity contribution < 1.29 is 4.74 Å². The third-order valence-corrected chi connectivity index (χ3v) is 3.68. The summed E-state index contributed by atoms with van der Waals surface area (Å²) < 4.78 is 5.59. The number of halogens is 1. The second kappa shape index (κ2) is 5.85. The van der Waals surface area contributed by atoms with E-state index in [2.05, 4.69) is 24.4 Å². The van der Waals surface area contributed by atoms with Gasteiger partial charge in [-0.15, -0.1) is 0 Å². The van der Waals surface area contributed by atoms with Crippen molar-refractivity contribution in [3.05, 3.63) is 34.9 Å². The van der Waals surface area contributed by atoms with Crippen molar-refractivity contribution in [1.82, 2.24) is 5.32 Å². The Morgan fingerprint density at radius 3 is 2.71 bits per heavy atom. The van der Waals surface area contributed by atoms with Gasteiger partial charge < -0.3 is 10.1 Å². The Balaban J connectivity index is 2.04. The normalized spacial score (nSPS) is 24.1. The summed E-state index contributed by atoms with van der Waals surface area (Å²) in [5.74, 6) is 0. The maximum atomic E-state index is 5.91. The largest absolute Gasteiger partial charge is 0.381 e. The molecule has 0 saturated carbocycles. The predicted octanol–water partition coefficient (Wildman–Crippen LogP) is 2.90. The van der Waals surface area contributed by atoms with Crippen LogP contribution in [-0.4, -0.2) is 26.3 Å². The second-order valence-electron chi connectivity index (χ2n) is 4.89. The van der Waals surface area contributed by atoms with Gasteiger partial charge in [-0.2, -0.15) is 0 Å². The van der Waals surface area contributed by atoms with E-state index >= 15 is 0 Å². The van der Waals surface area contributed by atoms with Crippen molar-refractivity contribution in [2.45, 2.75) is 19.8 Å². The highest BCUT2D eigenvalue weighted by Crippen LogP contribution is 2.32. The lowest BCUT2D eigenvalue weighted by atomic mass is 9.81. The van der Waals surface area contributed by atoms with E-state index < -0.39 is 0 Å². The molecule has 1 atom stereocenters. The van der Waals surface area contributed by atoms with Crippen LogP contribution in [0.1, 0.15) is 18.9 Å². The Morgan fingerprint density at radius 2 is 2.12 bits per heavy atom. The fourth-order valence-corrected chi connectivity index (χ4v) is 2.54. The zero-order valence-electron chi connectivity index (χ0n) is 10.3. The molecule has 1 fully saturated rings. The maximum Gasteiger partial charge on any atom is 0.0538 e. The van der Waals surface area contributed by atoms with Crippen LogP contribution < -0.4 is 5.32 Å². The minimum absolute atomic E-state index is 0.268. The average Bonchev–Trinajstić information content (AvgIpc) is 2.79. The Labute approximate surface area is 108 Å². The molecule has 1 aliphatic rings. The Bertz CT molecular complexity index is 344. The Morgan fingerprint density at radius 1 is 1.35 bits per heavy atom. The lowest BCUT2D eigenvalue weighted by Crippen LogP contribution is -2.36. The summed E-state index contributed by atoms with van der Waals surface area (Å²) in [6, 6.07) is 8.17. The molecule has 1 unspecified atom stereocenters. The first-order chi connectivity index (χ1) is 8.24. The molecule has 1 aromatic carbocycles. The molecule has 2 rings (SSSR count). The lowest BCUT2D eigenvalue weighted by molar-refractivity contribution is 0.149. The molecule has 0 amide bonds. The molecule has 0 aliphatic carbocycles. The van der Waals surface area contributed by atoms with Gasteiger partial charge in [-0.1, -0.05) is 30.7 Å². The molecule has 1 saturated heterocycles. The van der Waals surface area contributed by atoms with Crippen molar-refractivity contribution in [2.24, 2.45) is 5.41 Å². The number of hydrogen-bond acceptors (Lipinski definition) is 2. The molecule has 1 aromatic rings. The van der Waals surface area contributed by atoms with E-state index in [0.717, 1.165) is 44.2 Å². The van der Waals surface area contributed by atoms with Gasteiger partial charge in [0.1, 0.15) is 0 Å². The molecule has 17 heavy (non-hydrogen) atoms. The highest BCUT2D eigenvalue weighted by molar-refractivity contribution is 6.30. The van der Waals surface area contributed by atoms with Crippen LogP contribution in [0.5, 0.6) is 0 Å². The molecule has 0 radical (unpaired) electrons. The number of nitrogens with one attached hydrogen (secondary N) is 1. The van der Waals surface area contributed by atoms with Crippen molar-refractivity contribution >= 4 is 11.6 Å². The highest BCUT2D eigenvalue weighted by atomic mass is 35.5. The van der Waals surface area contributed by atoms with Gasteiger partial charge in [0.15, 0.2) is 0 Å². The first-order valence-electron chi connectivity index (χ1n) is 6.27. The molecule has 94 valence electrons. The maximum absolute atomic E-state index is 5.91. The van der Waals surface area contributed by atoms with E-state index in [1.54, 1.807) is 0 Å². The molecule has 1 heterocycles. The minimum atomic E-state index is 0.268. The summed E-state index contributed by atoms with van der Waals surface area (Å²) in [4.78, 5) is 0. The van der Waals surface area contributed by atoms with Crippen LogP contribution in [0, 0.1) is 5.41 Å². The number of hydrogen-bond donors (Lipinski definition) is 1. The summed E-state index contributed by atoms with van der Waals surface area (Å²) in [5.41, 5.74) is 1.61. The highest BCUT2D eigenvalue weighted by Gasteiger charge is 2.34. The van der Waals surface area contributed by atoms with Gasteiger partial charge in [0.05, 0.1) is 6.61 Å². The summed E-state index contributed by atoms with van der Waals surface area (Å²) in [7, 11) is 0. The summed E-state index contributed by atoms with van der Waals surface area (Å²) in [5, 5.41) is 4.26. The standard InChI is InChI=1S/C14H20ClNO/c1-2-16-10-14(7-8-17-11-14)9-12-3-5-13(15)6-4-12/h3-6,16H,2,7-11H2,1H3. The smallest absolute Gasteiger partial charge is 0.0538 e. The number of benzene rings is 1. The fraction of sp³-hybridized carbons (Fsp3) is 0.571. The van der Waals surface area contributed by atoms with Crippen molar-refractivity contribution in [1.29, 1.82) is 0 Å². The molecule has 2 nitrogen and oxygen atoms in total. The summed E-state index contributed by atoms with van der Waals surface area (Å²) >= 11 is 5.91. The van der Waals surface area contributed by atoms with Crippen LogP contribution in [0.25, 0.3) is 0 Å². The van der Waals surface area contributed by atoms with Gasteiger partial charge in [-0.25, -0.2) is 0 Å². The molecule has 1 N–H and O–H groups in total. The number of ether oxygens (including phenoxy) is 1. The third kappa shape index (κ3) is 3.44.